The van der Waals surface area contributed by atoms with E-state index in [1.807, 2.05) is 6.92 Å². The lowest BCUT2D eigenvalue weighted by molar-refractivity contribution is -0.120. The van der Waals surface area contributed by atoms with Gasteiger partial charge in [-0.05, 0) is 63.0 Å². The lowest BCUT2D eigenvalue weighted by Crippen LogP contribution is -2.34. The number of rotatable bonds is 3. The number of halogens is 1. The van der Waals surface area contributed by atoms with Gasteiger partial charge >= 0.3 is 0 Å². The van der Waals surface area contributed by atoms with Gasteiger partial charge in [-0.15, -0.1) is 12.4 Å². The molecule has 1 aliphatic heterocycles. The van der Waals surface area contributed by atoms with Crippen LogP contribution in [-0.4, -0.2) is 27.4 Å². The number of anilines is 1. The zero-order valence-corrected chi connectivity index (χ0v) is 14.3. The fraction of sp³-hybridized carbons (Fsp3) is 0.500. The van der Waals surface area contributed by atoms with Crippen molar-refractivity contribution in [3.8, 4) is 0 Å². The van der Waals surface area contributed by atoms with Crippen LogP contribution in [0, 0.1) is 19.8 Å². The monoisotopic (exact) mass is 347 g/mol. The topological polar surface area (TPSA) is 101 Å². The van der Waals surface area contributed by atoms with Crippen LogP contribution >= 0.6 is 12.4 Å². The van der Waals surface area contributed by atoms with E-state index in [-0.39, 0.29) is 29.1 Å². The first-order valence-electron chi connectivity index (χ1n) is 6.94. The number of amides is 1. The molecule has 0 aliphatic carbocycles. The molecule has 1 aliphatic rings. The van der Waals surface area contributed by atoms with Gasteiger partial charge < -0.3 is 10.6 Å². The van der Waals surface area contributed by atoms with Gasteiger partial charge in [0.25, 0.3) is 0 Å². The number of aryl methyl sites for hydroxylation is 1. The zero-order chi connectivity index (χ0) is 15.6. The number of sulfonamides is 1. The summed E-state index contributed by atoms with van der Waals surface area (Å²) in [5.74, 6) is -0.102. The Kier molecular flexibility index (Phi) is 6.37. The highest BCUT2D eigenvalue weighted by Crippen LogP contribution is 2.25. The van der Waals surface area contributed by atoms with Crippen LogP contribution < -0.4 is 15.8 Å². The van der Waals surface area contributed by atoms with Crippen LogP contribution in [0.2, 0.25) is 0 Å². The van der Waals surface area contributed by atoms with Gasteiger partial charge in [0.15, 0.2) is 0 Å². The fourth-order valence-electron chi connectivity index (χ4n) is 2.44. The summed E-state index contributed by atoms with van der Waals surface area (Å²) in [6, 6.07) is 2.95. The van der Waals surface area contributed by atoms with Crippen molar-refractivity contribution in [3.63, 3.8) is 0 Å². The van der Waals surface area contributed by atoms with Gasteiger partial charge in [0.1, 0.15) is 0 Å². The fourth-order valence-corrected chi connectivity index (χ4v) is 3.06. The third kappa shape index (κ3) is 4.42. The van der Waals surface area contributed by atoms with E-state index in [0.717, 1.165) is 37.1 Å². The van der Waals surface area contributed by atoms with E-state index in [1.54, 1.807) is 6.92 Å². The summed E-state index contributed by atoms with van der Waals surface area (Å²) in [6.07, 6.45) is 1.58. The standard InChI is InChI=1S/C14H21N3O3S.ClH/c1-9-7-12(21(15,19)20)8-13(10(9)2)17-14(18)11-3-5-16-6-4-11;/h7-8,11,16H,3-6H2,1-2H3,(H,17,18)(H2,15,19,20);1H. The normalized spacial score (nSPS) is 16.0. The van der Waals surface area contributed by atoms with Crippen molar-refractivity contribution in [2.45, 2.75) is 31.6 Å². The number of nitrogens with one attached hydrogen (secondary N) is 2. The quantitative estimate of drug-likeness (QED) is 0.767. The van der Waals surface area contributed by atoms with E-state index in [4.69, 9.17) is 5.14 Å². The molecule has 1 aromatic carbocycles. The first-order chi connectivity index (χ1) is 9.79. The Morgan fingerprint density at radius 1 is 1.27 bits per heavy atom. The van der Waals surface area contributed by atoms with Gasteiger partial charge in [0.05, 0.1) is 4.90 Å². The number of hydrogen-bond donors (Lipinski definition) is 3. The van der Waals surface area contributed by atoms with Crippen molar-refractivity contribution in [3.05, 3.63) is 23.3 Å². The van der Waals surface area contributed by atoms with Crippen molar-refractivity contribution in [2.75, 3.05) is 18.4 Å². The van der Waals surface area contributed by atoms with Crippen molar-refractivity contribution in [1.82, 2.24) is 5.32 Å². The summed E-state index contributed by atoms with van der Waals surface area (Å²) >= 11 is 0. The number of benzene rings is 1. The molecule has 0 saturated carbocycles. The largest absolute Gasteiger partial charge is 0.326 e. The molecule has 6 nitrogen and oxygen atoms in total. The molecule has 0 spiro atoms. The molecule has 0 atom stereocenters. The maximum absolute atomic E-state index is 12.3. The number of piperidine rings is 1. The van der Waals surface area contributed by atoms with E-state index in [1.165, 1.54) is 12.1 Å². The first kappa shape index (κ1) is 18.9. The molecule has 22 heavy (non-hydrogen) atoms. The molecule has 124 valence electrons. The van der Waals surface area contributed by atoms with Gasteiger partial charge in [0, 0.05) is 11.6 Å². The van der Waals surface area contributed by atoms with Crippen LogP contribution in [-0.2, 0) is 14.8 Å². The van der Waals surface area contributed by atoms with Crippen LogP contribution in [0.5, 0.6) is 0 Å². The van der Waals surface area contributed by atoms with Crippen molar-refractivity contribution in [1.29, 1.82) is 0 Å². The highest BCUT2D eigenvalue weighted by molar-refractivity contribution is 7.89. The summed E-state index contributed by atoms with van der Waals surface area (Å²) in [5.41, 5.74) is 2.15. The molecule has 0 bridgehead atoms. The van der Waals surface area contributed by atoms with E-state index in [9.17, 15) is 13.2 Å². The number of nitrogens with two attached hydrogens (primary N) is 1. The molecule has 1 fully saturated rings. The Labute approximate surface area is 137 Å². The summed E-state index contributed by atoms with van der Waals surface area (Å²) in [6.45, 7) is 5.30. The Morgan fingerprint density at radius 3 is 2.41 bits per heavy atom. The lowest BCUT2D eigenvalue weighted by atomic mass is 9.97. The maximum Gasteiger partial charge on any atom is 0.238 e. The van der Waals surface area contributed by atoms with E-state index < -0.39 is 10.0 Å². The second-order valence-corrected chi connectivity index (χ2v) is 7.03. The Balaban J connectivity index is 0.00000242. The Hall–Kier alpha value is -1.15. The molecule has 1 heterocycles. The van der Waals surface area contributed by atoms with E-state index in [2.05, 4.69) is 10.6 Å². The second-order valence-electron chi connectivity index (χ2n) is 5.47. The number of carbonyl (C=O) groups excluding carboxylic acids is 1. The van der Waals surface area contributed by atoms with Crippen molar-refractivity contribution < 1.29 is 13.2 Å². The highest BCUT2D eigenvalue weighted by Gasteiger charge is 2.22. The minimum Gasteiger partial charge on any atom is -0.326 e. The van der Waals surface area contributed by atoms with E-state index >= 15 is 0 Å². The van der Waals surface area contributed by atoms with Crippen LogP contribution in [0.3, 0.4) is 0 Å². The number of hydrogen-bond acceptors (Lipinski definition) is 4. The molecular weight excluding hydrogens is 326 g/mol. The molecule has 0 radical (unpaired) electrons. The highest BCUT2D eigenvalue weighted by atomic mass is 35.5. The van der Waals surface area contributed by atoms with Gasteiger partial charge in [-0.2, -0.15) is 0 Å². The van der Waals surface area contributed by atoms with Crippen LogP contribution in [0.25, 0.3) is 0 Å². The summed E-state index contributed by atoms with van der Waals surface area (Å²) < 4.78 is 23.0. The maximum atomic E-state index is 12.3. The van der Waals surface area contributed by atoms with Crippen molar-refractivity contribution >= 4 is 34.0 Å². The molecule has 2 rings (SSSR count). The minimum absolute atomic E-state index is 0. The molecule has 8 heteroatoms. The van der Waals surface area contributed by atoms with Gasteiger partial charge in [-0.25, -0.2) is 13.6 Å². The molecule has 4 N–H and O–H groups in total. The van der Waals surface area contributed by atoms with Gasteiger partial charge in [-0.1, -0.05) is 0 Å². The second kappa shape index (κ2) is 7.41. The number of primary sulfonamides is 1. The van der Waals surface area contributed by atoms with E-state index in [0.29, 0.717) is 5.69 Å². The average Bonchev–Trinajstić information content (AvgIpc) is 2.43. The SMILES string of the molecule is Cc1cc(S(N)(=O)=O)cc(NC(=O)C2CCNCC2)c1C.Cl. The molecule has 1 saturated heterocycles. The molecule has 1 amide bonds. The molecule has 0 unspecified atom stereocenters. The Morgan fingerprint density at radius 2 is 1.86 bits per heavy atom. The molecule has 1 aromatic rings. The van der Waals surface area contributed by atoms with Crippen LogP contribution in [0.1, 0.15) is 24.0 Å². The molecule has 0 aromatic heterocycles. The summed E-state index contributed by atoms with van der Waals surface area (Å²) in [7, 11) is -3.79. The first-order valence-corrected chi connectivity index (χ1v) is 8.49. The smallest absolute Gasteiger partial charge is 0.238 e. The lowest BCUT2D eigenvalue weighted by Gasteiger charge is -2.22. The van der Waals surface area contributed by atoms with Crippen molar-refractivity contribution in [2.24, 2.45) is 11.1 Å². The minimum atomic E-state index is -3.79. The summed E-state index contributed by atoms with van der Waals surface area (Å²) in [5, 5.41) is 11.2. The molecular formula is C14H22ClN3O3S. The van der Waals surface area contributed by atoms with Crippen LogP contribution in [0.15, 0.2) is 17.0 Å². The zero-order valence-electron chi connectivity index (χ0n) is 12.7. The summed E-state index contributed by atoms with van der Waals surface area (Å²) in [4.78, 5) is 12.3. The third-order valence-corrected chi connectivity index (χ3v) is 4.83. The average molecular weight is 348 g/mol. The van der Waals surface area contributed by atoms with Gasteiger partial charge in [0.2, 0.25) is 15.9 Å². The Bertz CT molecular complexity index is 656. The van der Waals surface area contributed by atoms with Crippen LogP contribution in [0.4, 0.5) is 5.69 Å². The predicted octanol–water partition coefficient (Wildman–Crippen LogP) is 1.31. The van der Waals surface area contributed by atoms with Gasteiger partial charge in [-0.3, -0.25) is 4.79 Å². The predicted molar refractivity (Wildman–Crippen MR) is 88.8 cm³/mol. The number of carbonyl (C=O) groups is 1. The third-order valence-electron chi connectivity index (χ3n) is 3.94.